The molecule has 17 heavy (non-hydrogen) atoms. The largest absolute Gasteiger partial charge is 0.347 e. The van der Waals surface area contributed by atoms with Crippen LogP contribution in [0.25, 0.3) is 0 Å². The highest BCUT2D eigenvalue weighted by Gasteiger charge is 2.26. The third-order valence-electron chi connectivity index (χ3n) is 3.10. The van der Waals surface area contributed by atoms with Gasteiger partial charge >= 0.3 is 0 Å². The number of carbonyl (C=O) groups is 2. The number of rotatable bonds is 3. The second-order valence-corrected chi connectivity index (χ2v) is 5.01. The summed E-state index contributed by atoms with van der Waals surface area (Å²) in [4.78, 5) is 25.0. The van der Waals surface area contributed by atoms with Crippen LogP contribution in [0.1, 0.15) is 33.1 Å². The van der Waals surface area contributed by atoms with Crippen molar-refractivity contribution in [1.82, 2.24) is 15.5 Å². The molecular weight excluding hydrogens is 218 g/mol. The zero-order valence-corrected chi connectivity index (χ0v) is 11.1. The maximum atomic E-state index is 11.9. The second kappa shape index (κ2) is 6.00. The van der Waals surface area contributed by atoms with Gasteiger partial charge in [0.1, 0.15) is 6.04 Å². The lowest BCUT2D eigenvalue weighted by Gasteiger charge is -2.29. The van der Waals surface area contributed by atoms with Crippen molar-refractivity contribution >= 4 is 11.8 Å². The third-order valence-corrected chi connectivity index (χ3v) is 3.10. The fraction of sp³-hybridized carbons (Fsp3) is 0.833. The summed E-state index contributed by atoms with van der Waals surface area (Å²) in [6, 6.07) is -0.243. The molecule has 98 valence electrons. The van der Waals surface area contributed by atoms with E-state index in [1.54, 1.807) is 21.0 Å². The quantitative estimate of drug-likeness (QED) is 0.737. The Morgan fingerprint density at radius 1 is 1.35 bits per heavy atom. The lowest BCUT2D eigenvalue weighted by atomic mass is 9.99. The van der Waals surface area contributed by atoms with E-state index < -0.39 is 6.04 Å². The Morgan fingerprint density at radius 3 is 2.53 bits per heavy atom. The summed E-state index contributed by atoms with van der Waals surface area (Å²) in [5, 5.41) is 6.01. The van der Waals surface area contributed by atoms with Crippen molar-refractivity contribution in [3.05, 3.63) is 0 Å². The van der Waals surface area contributed by atoms with E-state index in [1.807, 2.05) is 0 Å². The van der Waals surface area contributed by atoms with Crippen molar-refractivity contribution in [3.8, 4) is 0 Å². The topological polar surface area (TPSA) is 61.4 Å². The van der Waals surface area contributed by atoms with Crippen molar-refractivity contribution in [2.75, 3.05) is 14.1 Å². The Kier molecular flexibility index (Phi) is 4.93. The average molecular weight is 241 g/mol. The van der Waals surface area contributed by atoms with Gasteiger partial charge in [-0.25, -0.2) is 0 Å². The molecule has 2 N–H and O–H groups in total. The Hall–Kier alpha value is -1.10. The van der Waals surface area contributed by atoms with Crippen molar-refractivity contribution < 1.29 is 9.59 Å². The highest BCUT2D eigenvalue weighted by Crippen LogP contribution is 2.12. The van der Waals surface area contributed by atoms with Gasteiger partial charge in [0, 0.05) is 20.1 Å². The molecule has 1 heterocycles. The summed E-state index contributed by atoms with van der Waals surface area (Å²) >= 11 is 0. The first kappa shape index (κ1) is 14.0. The van der Waals surface area contributed by atoms with Crippen LogP contribution in [0, 0.1) is 0 Å². The van der Waals surface area contributed by atoms with Crippen molar-refractivity contribution in [2.45, 2.75) is 51.2 Å². The van der Waals surface area contributed by atoms with Crippen LogP contribution in [0.2, 0.25) is 0 Å². The highest BCUT2D eigenvalue weighted by molar-refractivity contribution is 5.89. The van der Waals surface area contributed by atoms with Crippen LogP contribution in [0.4, 0.5) is 0 Å². The molecule has 5 nitrogen and oxygen atoms in total. The predicted octanol–water partition coefficient (Wildman–Crippen LogP) is 0.110. The van der Waals surface area contributed by atoms with Crippen molar-refractivity contribution in [3.63, 3.8) is 0 Å². The molecule has 1 aliphatic heterocycles. The number of carbonyl (C=O) groups excluding carboxylic acids is 2. The monoisotopic (exact) mass is 241 g/mol. The maximum Gasteiger partial charge on any atom is 0.244 e. The highest BCUT2D eigenvalue weighted by atomic mass is 16.2. The zero-order valence-electron chi connectivity index (χ0n) is 11.1. The molecule has 0 aromatic heterocycles. The van der Waals surface area contributed by atoms with Gasteiger partial charge in [-0.15, -0.1) is 0 Å². The van der Waals surface area contributed by atoms with Gasteiger partial charge in [0.05, 0.1) is 6.04 Å². The number of hydrogen-bond acceptors (Lipinski definition) is 3. The Balaban J connectivity index is 2.45. The summed E-state index contributed by atoms with van der Waals surface area (Å²) < 4.78 is 0. The van der Waals surface area contributed by atoms with E-state index in [0.29, 0.717) is 6.04 Å². The molecule has 0 aliphatic carbocycles. The van der Waals surface area contributed by atoms with Crippen LogP contribution in [0.5, 0.6) is 0 Å². The van der Waals surface area contributed by atoms with E-state index in [0.717, 1.165) is 19.3 Å². The molecule has 0 radical (unpaired) electrons. The summed E-state index contributed by atoms with van der Waals surface area (Å²) in [5.74, 6) is -0.151. The molecule has 3 unspecified atom stereocenters. The van der Waals surface area contributed by atoms with Crippen molar-refractivity contribution in [2.24, 2.45) is 0 Å². The fourth-order valence-corrected chi connectivity index (χ4v) is 2.11. The maximum absolute atomic E-state index is 11.9. The lowest BCUT2D eigenvalue weighted by Crippen LogP contribution is -2.54. The van der Waals surface area contributed by atoms with Gasteiger partial charge in [-0.1, -0.05) is 0 Å². The van der Waals surface area contributed by atoms with Gasteiger partial charge in [-0.2, -0.15) is 0 Å². The van der Waals surface area contributed by atoms with Crippen LogP contribution in [0.15, 0.2) is 0 Å². The molecule has 5 heteroatoms. The van der Waals surface area contributed by atoms with Crippen LogP contribution in [-0.4, -0.2) is 48.9 Å². The molecule has 1 rings (SSSR count). The van der Waals surface area contributed by atoms with E-state index in [2.05, 4.69) is 17.6 Å². The molecule has 0 bridgehead atoms. The Morgan fingerprint density at radius 2 is 2.00 bits per heavy atom. The van der Waals surface area contributed by atoms with Crippen LogP contribution in [0.3, 0.4) is 0 Å². The standard InChI is InChI=1S/C12H23N3O2/c1-8-6-5-7-10(13-8)11(16)14-9(2)12(17)15(3)4/h8-10,13H,5-7H2,1-4H3,(H,14,16). The van der Waals surface area contributed by atoms with E-state index in [9.17, 15) is 9.59 Å². The molecule has 1 saturated heterocycles. The third kappa shape index (κ3) is 4.00. The minimum Gasteiger partial charge on any atom is -0.347 e. The van der Waals surface area contributed by atoms with E-state index in [4.69, 9.17) is 0 Å². The smallest absolute Gasteiger partial charge is 0.244 e. The van der Waals surface area contributed by atoms with Crippen LogP contribution < -0.4 is 10.6 Å². The van der Waals surface area contributed by atoms with Gasteiger partial charge in [0.25, 0.3) is 0 Å². The van der Waals surface area contributed by atoms with Crippen LogP contribution >= 0.6 is 0 Å². The molecule has 1 aliphatic rings. The van der Waals surface area contributed by atoms with Crippen molar-refractivity contribution in [1.29, 1.82) is 0 Å². The number of likely N-dealkylation sites (N-methyl/N-ethyl adjacent to an activating group) is 1. The molecule has 0 aromatic carbocycles. The first-order chi connectivity index (χ1) is 7.91. The first-order valence-corrected chi connectivity index (χ1v) is 6.19. The molecular formula is C12H23N3O2. The number of hydrogen-bond donors (Lipinski definition) is 2. The number of piperidine rings is 1. The van der Waals surface area contributed by atoms with Gasteiger partial charge in [0.15, 0.2) is 0 Å². The second-order valence-electron chi connectivity index (χ2n) is 5.01. The number of amides is 2. The molecule has 1 fully saturated rings. The van der Waals surface area contributed by atoms with E-state index in [1.165, 1.54) is 4.90 Å². The van der Waals surface area contributed by atoms with Gasteiger partial charge in [-0.05, 0) is 33.1 Å². The molecule has 2 amide bonds. The number of nitrogens with one attached hydrogen (secondary N) is 2. The summed E-state index contributed by atoms with van der Waals surface area (Å²) in [6.07, 6.45) is 3.01. The predicted molar refractivity (Wildman–Crippen MR) is 66.5 cm³/mol. The van der Waals surface area contributed by atoms with E-state index >= 15 is 0 Å². The minimum absolute atomic E-state index is 0.0701. The summed E-state index contributed by atoms with van der Waals surface area (Å²) in [6.45, 7) is 3.79. The Bertz CT molecular complexity index is 291. The molecule has 0 spiro atoms. The van der Waals surface area contributed by atoms with Crippen LogP contribution in [-0.2, 0) is 9.59 Å². The van der Waals surface area contributed by atoms with Gasteiger partial charge in [0.2, 0.25) is 11.8 Å². The molecule has 0 saturated carbocycles. The fourth-order valence-electron chi connectivity index (χ4n) is 2.11. The summed E-state index contributed by atoms with van der Waals surface area (Å²) in [7, 11) is 3.37. The Labute approximate surface area is 103 Å². The van der Waals surface area contributed by atoms with E-state index in [-0.39, 0.29) is 17.9 Å². The summed E-state index contributed by atoms with van der Waals surface area (Å²) in [5.41, 5.74) is 0. The van der Waals surface area contributed by atoms with Gasteiger partial charge in [-0.3, -0.25) is 9.59 Å². The average Bonchev–Trinajstić information content (AvgIpc) is 2.27. The lowest BCUT2D eigenvalue weighted by molar-refractivity contribution is -0.134. The van der Waals surface area contributed by atoms with Gasteiger partial charge < -0.3 is 15.5 Å². The zero-order chi connectivity index (χ0) is 13.0. The normalized spacial score (nSPS) is 26.1. The SMILES string of the molecule is CC1CCCC(C(=O)NC(C)C(=O)N(C)C)N1. The minimum atomic E-state index is -0.462. The molecule has 3 atom stereocenters. The number of nitrogens with zero attached hydrogens (tertiary/aromatic N) is 1. The first-order valence-electron chi connectivity index (χ1n) is 6.19. The molecule has 0 aromatic rings.